The number of carboxylic acids is 1. The smallest absolute Gasteiger partial charge is 0.326 e. The minimum Gasteiger partial charge on any atom is -0.480 e. The van der Waals surface area contributed by atoms with Crippen molar-refractivity contribution in [2.45, 2.75) is 25.8 Å². The van der Waals surface area contributed by atoms with Crippen LogP contribution < -0.4 is 5.32 Å². The maximum Gasteiger partial charge on any atom is 0.326 e. The Morgan fingerprint density at radius 3 is 2.85 bits per heavy atom. The molecule has 5 nitrogen and oxygen atoms in total. The highest BCUT2D eigenvalue weighted by Crippen LogP contribution is 2.30. The van der Waals surface area contributed by atoms with Gasteiger partial charge in [-0.25, -0.2) is 9.59 Å². The van der Waals surface area contributed by atoms with Crippen molar-refractivity contribution < 1.29 is 14.7 Å². The van der Waals surface area contributed by atoms with E-state index in [1.54, 1.807) is 12.1 Å². The van der Waals surface area contributed by atoms with Crippen molar-refractivity contribution in [3.8, 4) is 0 Å². The SMILES string of the molecule is Cc1cc(Br)c(NC(=O)N2CCC[C@H]2C(=O)O)cc1Cl. The molecule has 2 rings (SSSR count). The molecule has 0 bridgehead atoms. The standard InChI is InChI=1S/C13H14BrClN2O3/c1-7-5-8(14)10(6-9(7)15)16-13(20)17-4-2-3-11(17)12(18)19/h5-6,11H,2-4H2,1H3,(H,16,20)(H,18,19)/t11-/m0/s1. The summed E-state index contributed by atoms with van der Waals surface area (Å²) in [5, 5.41) is 12.3. The van der Waals surface area contributed by atoms with Crippen molar-refractivity contribution in [1.82, 2.24) is 4.90 Å². The van der Waals surface area contributed by atoms with Crippen LogP contribution in [0.4, 0.5) is 10.5 Å². The summed E-state index contributed by atoms with van der Waals surface area (Å²) in [5.74, 6) is -0.973. The summed E-state index contributed by atoms with van der Waals surface area (Å²) in [5.41, 5.74) is 1.42. The highest BCUT2D eigenvalue weighted by atomic mass is 79.9. The summed E-state index contributed by atoms with van der Waals surface area (Å²) in [6, 6.07) is 2.27. The van der Waals surface area contributed by atoms with Crippen molar-refractivity contribution in [1.29, 1.82) is 0 Å². The minimum absolute atomic E-state index is 0.421. The van der Waals surface area contributed by atoms with Crippen LogP contribution in [0.15, 0.2) is 16.6 Å². The van der Waals surface area contributed by atoms with Gasteiger partial charge in [0.1, 0.15) is 6.04 Å². The fraction of sp³-hybridized carbons (Fsp3) is 0.385. The zero-order valence-corrected chi connectivity index (χ0v) is 13.2. The van der Waals surface area contributed by atoms with Gasteiger partial charge in [0.25, 0.3) is 0 Å². The number of carboxylic acid groups (broad SMARTS) is 1. The van der Waals surface area contributed by atoms with E-state index in [1.165, 1.54) is 4.90 Å². The van der Waals surface area contributed by atoms with Gasteiger partial charge in [-0.1, -0.05) is 11.6 Å². The Bertz CT molecular complexity index is 565. The lowest BCUT2D eigenvalue weighted by Crippen LogP contribution is -2.42. The van der Waals surface area contributed by atoms with E-state index in [-0.39, 0.29) is 0 Å². The molecule has 0 unspecified atom stereocenters. The summed E-state index contributed by atoms with van der Waals surface area (Å²) in [7, 11) is 0. The number of likely N-dealkylation sites (tertiary alicyclic amines) is 1. The van der Waals surface area contributed by atoms with Gasteiger partial charge in [-0.3, -0.25) is 0 Å². The summed E-state index contributed by atoms with van der Waals surface area (Å²) in [4.78, 5) is 24.6. The maximum absolute atomic E-state index is 12.2. The van der Waals surface area contributed by atoms with E-state index in [9.17, 15) is 9.59 Å². The normalized spacial score (nSPS) is 18.1. The first-order chi connectivity index (χ1) is 9.40. The molecule has 0 spiro atoms. The topological polar surface area (TPSA) is 69.6 Å². The van der Waals surface area contributed by atoms with Gasteiger partial charge < -0.3 is 15.3 Å². The second kappa shape index (κ2) is 6.01. The van der Waals surface area contributed by atoms with Crippen LogP contribution in [0.25, 0.3) is 0 Å². The zero-order chi connectivity index (χ0) is 14.9. The molecule has 1 aromatic rings. The molecule has 108 valence electrons. The molecule has 1 aliphatic rings. The Labute approximate surface area is 130 Å². The Kier molecular flexibility index (Phi) is 4.55. The molecule has 0 saturated carbocycles. The van der Waals surface area contributed by atoms with Crippen molar-refractivity contribution >= 4 is 45.2 Å². The summed E-state index contributed by atoms with van der Waals surface area (Å²) in [6.45, 7) is 2.31. The molecule has 1 aromatic carbocycles. The monoisotopic (exact) mass is 360 g/mol. The lowest BCUT2D eigenvalue weighted by molar-refractivity contribution is -0.141. The predicted molar refractivity (Wildman–Crippen MR) is 80.3 cm³/mol. The van der Waals surface area contributed by atoms with Gasteiger partial charge in [-0.05, 0) is 53.4 Å². The first-order valence-electron chi connectivity index (χ1n) is 6.16. The molecule has 20 heavy (non-hydrogen) atoms. The third-order valence-corrected chi connectivity index (χ3v) is 4.35. The molecule has 1 atom stereocenters. The molecular formula is C13H14BrClN2O3. The van der Waals surface area contributed by atoms with E-state index in [2.05, 4.69) is 21.2 Å². The molecule has 2 amide bonds. The van der Waals surface area contributed by atoms with E-state index < -0.39 is 18.0 Å². The number of nitrogens with zero attached hydrogens (tertiary/aromatic N) is 1. The van der Waals surface area contributed by atoms with Crippen LogP contribution >= 0.6 is 27.5 Å². The van der Waals surface area contributed by atoms with Crippen LogP contribution in [-0.2, 0) is 4.79 Å². The van der Waals surface area contributed by atoms with Gasteiger partial charge in [0, 0.05) is 16.0 Å². The highest BCUT2D eigenvalue weighted by molar-refractivity contribution is 9.10. The molecule has 1 heterocycles. The number of urea groups is 1. The average molecular weight is 362 g/mol. The van der Waals surface area contributed by atoms with Crippen molar-refractivity contribution in [3.05, 3.63) is 27.2 Å². The van der Waals surface area contributed by atoms with Crippen LogP contribution in [-0.4, -0.2) is 34.6 Å². The summed E-state index contributed by atoms with van der Waals surface area (Å²) in [6.07, 6.45) is 1.18. The molecule has 1 fully saturated rings. The number of nitrogens with one attached hydrogen (secondary N) is 1. The van der Waals surface area contributed by atoms with Crippen molar-refractivity contribution in [2.24, 2.45) is 0 Å². The van der Waals surface area contributed by atoms with Gasteiger partial charge in [-0.2, -0.15) is 0 Å². The van der Waals surface area contributed by atoms with E-state index in [0.29, 0.717) is 34.6 Å². The fourth-order valence-corrected chi connectivity index (χ4v) is 2.92. The van der Waals surface area contributed by atoms with Crippen molar-refractivity contribution in [3.63, 3.8) is 0 Å². The number of halogens is 2. The molecule has 2 N–H and O–H groups in total. The van der Waals surface area contributed by atoms with Gasteiger partial charge in [-0.15, -0.1) is 0 Å². The minimum atomic E-state index is -0.973. The van der Waals surface area contributed by atoms with E-state index in [1.807, 2.05) is 6.92 Å². The molecular weight excluding hydrogens is 348 g/mol. The number of amides is 2. The number of hydrogen-bond donors (Lipinski definition) is 2. The van der Waals surface area contributed by atoms with Gasteiger partial charge >= 0.3 is 12.0 Å². The van der Waals surface area contributed by atoms with Crippen LogP contribution in [0.5, 0.6) is 0 Å². The average Bonchev–Trinajstić information content (AvgIpc) is 2.85. The van der Waals surface area contributed by atoms with Crippen molar-refractivity contribution in [2.75, 3.05) is 11.9 Å². The lowest BCUT2D eigenvalue weighted by Gasteiger charge is -2.22. The molecule has 0 aliphatic carbocycles. The number of aliphatic carboxylic acids is 1. The summed E-state index contributed by atoms with van der Waals surface area (Å²) < 4.78 is 0.707. The molecule has 7 heteroatoms. The quantitative estimate of drug-likeness (QED) is 0.847. The van der Waals surface area contributed by atoms with Gasteiger partial charge in [0.15, 0.2) is 0 Å². The van der Waals surface area contributed by atoms with Gasteiger partial charge in [0.05, 0.1) is 5.69 Å². The largest absolute Gasteiger partial charge is 0.480 e. The van der Waals surface area contributed by atoms with E-state index in [0.717, 1.165) is 5.56 Å². The Balaban J connectivity index is 2.16. The number of anilines is 1. The maximum atomic E-state index is 12.2. The Morgan fingerprint density at radius 1 is 1.50 bits per heavy atom. The van der Waals surface area contributed by atoms with E-state index in [4.69, 9.17) is 16.7 Å². The summed E-state index contributed by atoms with van der Waals surface area (Å²) >= 11 is 9.38. The molecule has 0 aromatic heterocycles. The van der Waals surface area contributed by atoms with Crippen LogP contribution in [0, 0.1) is 6.92 Å². The lowest BCUT2D eigenvalue weighted by atomic mass is 10.2. The fourth-order valence-electron chi connectivity index (χ4n) is 2.20. The van der Waals surface area contributed by atoms with Crippen LogP contribution in [0.3, 0.4) is 0 Å². The number of hydrogen-bond acceptors (Lipinski definition) is 2. The predicted octanol–water partition coefficient (Wildman–Crippen LogP) is 3.49. The van der Waals surface area contributed by atoms with Crippen LogP contribution in [0.1, 0.15) is 18.4 Å². The van der Waals surface area contributed by atoms with Gasteiger partial charge in [0.2, 0.25) is 0 Å². The zero-order valence-electron chi connectivity index (χ0n) is 10.8. The molecule has 1 aliphatic heterocycles. The second-order valence-corrected chi connectivity index (χ2v) is 5.96. The third-order valence-electron chi connectivity index (χ3n) is 3.29. The third kappa shape index (κ3) is 3.07. The van der Waals surface area contributed by atoms with Crippen LogP contribution in [0.2, 0.25) is 5.02 Å². The second-order valence-electron chi connectivity index (χ2n) is 4.70. The first kappa shape index (κ1) is 15.1. The first-order valence-corrected chi connectivity index (χ1v) is 7.33. The number of benzene rings is 1. The number of rotatable bonds is 2. The highest BCUT2D eigenvalue weighted by Gasteiger charge is 2.34. The molecule has 1 saturated heterocycles. The Morgan fingerprint density at radius 2 is 2.20 bits per heavy atom. The number of carbonyl (C=O) groups excluding carboxylic acids is 1. The van der Waals surface area contributed by atoms with E-state index >= 15 is 0 Å². The number of carbonyl (C=O) groups is 2. The molecule has 0 radical (unpaired) electrons. The Hall–Kier alpha value is -1.27. The number of aryl methyl sites for hydroxylation is 1.